The van der Waals surface area contributed by atoms with E-state index in [-0.39, 0.29) is 23.1 Å². The Balaban J connectivity index is 1.07. The number of aromatic nitrogens is 3. The highest BCUT2D eigenvalue weighted by molar-refractivity contribution is 5.94. The van der Waals surface area contributed by atoms with E-state index >= 15 is 0 Å². The summed E-state index contributed by atoms with van der Waals surface area (Å²) in [6.07, 6.45) is 11.8. The van der Waals surface area contributed by atoms with Crippen LogP contribution >= 0.6 is 0 Å². The number of nitrogens with zero attached hydrogens (tertiary/aromatic N) is 4. The third-order valence-electron chi connectivity index (χ3n) is 7.13. The molecule has 33 heavy (non-hydrogen) atoms. The Labute approximate surface area is 193 Å². The zero-order chi connectivity index (χ0) is 22.7. The minimum Gasteiger partial charge on any atom is -0.356 e. The molecule has 3 aromatic rings. The molecule has 1 spiro atoms. The number of hydrogen-bond acceptors (Lipinski definition) is 4. The van der Waals surface area contributed by atoms with Gasteiger partial charge in [0, 0.05) is 55.9 Å². The van der Waals surface area contributed by atoms with Crippen molar-refractivity contribution in [2.75, 3.05) is 19.6 Å². The number of amides is 2. The van der Waals surface area contributed by atoms with Crippen LogP contribution in [0, 0.1) is 11.3 Å². The highest BCUT2D eigenvalue weighted by Crippen LogP contribution is 2.59. The molecule has 2 aliphatic rings. The summed E-state index contributed by atoms with van der Waals surface area (Å²) in [6.45, 7) is 2.13. The lowest BCUT2D eigenvalue weighted by molar-refractivity contribution is -0.123. The van der Waals surface area contributed by atoms with Crippen LogP contribution in [0.3, 0.4) is 0 Å². The number of benzene rings is 1. The Kier molecular flexibility index (Phi) is 5.94. The molecule has 7 nitrogen and oxygen atoms in total. The fourth-order valence-electron chi connectivity index (χ4n) is 4.96. The zero-order valence-electron chi connectivity index (χ0n) is 18.7. The van der Waals surface area contributed by atoms with Gasteiger partial charge in [0.25, 0.3) is 5.91 Å². The second-order valence-corrected chi connectivity index (χ2v) is 9.16. The maximum absolute atomic E-state index is 13.0. The van der Waals surface area contributed by atoms with Crippen molar-refractivity contribution in [1.82, 2.24) is 25.0 Å². The van der Waals surface area contributed by atoms with Crippen molar-refractivity contribution in [2.24, 2.45) is 11.3 Å². The molecule has 2 aromatic heterocycles. The number of piperidine rings is 1. The van der Waals surface area contributed by atoms with Gasteiger partial charge in [0.15, 0.2) is 0 Å². The van der Waals surface area contributed by atoms with E-state index in [4.69, 9.17) is 0 Å². The molecular weight excluding hydrogens is 414 g/mol. The maximum Gasteiger partial charge on any atom is 0.253 e. The van der Waals surface area contributed by atoms with Gasteiger partial charge >= 0.3 is 0 Å². The molecule has 0 unspecified atom stereocenters. The second kappa shape index (κ2) is 9.17. The van der Waals surface area contributed by atoms with Crippen LogP contribution in [0.1, 0.15) is 41.6 Å². The van der Waals surface area contributed by atoms with Gasteiger partial charge in [-0.2, -0.15) is 5.10 Å². The third-order valence-corrected chi connectivity index (χ3v) is 7.13. The van der Waals surface area contributed by atoms with Gasteiger partial charge in [0.1, 0.15) is 0 Å². The fourth-order valence-corrected chi connectivity index (χ4v) is 4.96. The number of hydrogen-bond donors (Lipinski definition) is 1. The SMILES string of the molecule is O=C(NCCCc1ccncc1)[C@@H]1CC12CCN(C(=O)c1ccc(-n3cccn3)cc1)CC2. The average Bonchev–Trinajstić information content (AvgIpc) is 3.28. The van der Waals surface area contributed by atoms with Gasteiger partial charge in [0.2, 0.25) is 5.91 Å². The number of nitrogens with one attached hydrogen (secondary N) is 1. The number of likely N-dealkylation sites (tertiary alicyclic amines) is 1. The van der Waals surface area contributed by atoms with E-state index in [9.17, 15) is 9.59 Å². The van der Waals surface area contributed by atoms with Crippen LogP contribution in [0.25, 0.3) is 5.69 Å². The summed E-state index contributed by atoms with van der Waals surface area (Å²) in [4.78, 5) is 31.6. The molecule has 2 amide bonds. The van der Waals surface area contributed by atoms with E-state index in [1.807, 2.05) is 53.6 Å². The van der Waals surface area contributed by atoms with Crippen LogP contribution in [0.4, 0.5) is 0 Å². The fraction of sp³-hybridized carbons (Fsp3) is 0.385. The summed E-state index contributed by atoms with van der Waals surface area (Å²) in [6, 6.07) is 13.5. The molecule has 0 radical (unpaired) electrons. The summed E-state index contributed by atoms with van der Waals surface area (Å²) >= 11 is 0. The molecule has 0 bridgehead atoms. The molecule has 170 valence electrons. The Morgan fingerprint density at radius 3 is 2.48 bits per heavy atom. The first-order valence-electron chi connectivity index (χ1n) is 11.7. The largest absolute Gasteiger partial charge is 0.356 e. The van der Waals surface area contributed by atoms with E-state index in [0.29, 0.717) is 25.2 Å². The van der Waals surface area contributed by atoms with Gasteiger partial charge in [-0.15, -0.1) is 0 Å². The molecule has 1 saturated carbocycles. The quantitative estimate of drug-likeness (QED) is 0.569. The summed E-state index contributed by atoms with van der Waals surface area (Å²) in [5.41, 5.74) is 2.97. The number of pyridine rings is 1. The summed E-state index contributed by atoms with van der Waals surface area (Å²) in [5.74, 6) is 0.345. The second-order valence-electron chi connectivity index (χ2n) is 9.16. The van der Waals surface area contributed by atoms with Gasteiger partial charge in [-0.25, -0.2) is 4.68 Å². The van der Waals surface area contributed by atoms with Gasteiger partial charge in [-0.1, -0.05) is 0 Å². The molecule has 1 aliphatic heterocycles. The van der Waals surface area contributed by atoms with Crippen molar-refractivity contribution in [3.8, 4) is 5.69 Å². The lowest BCUT2D eigenvalue weighted by Gasteiger charge is -2.33. The van der Waals surface area contributed by atoms with Crippen molar-refractivity contribution in [3.63, 3.8) is 0 Å². The van der Waals surface area contributed by atoms with Crippen molar-refractivity contribution in [1.29, 1.82) is 0 Å². The molecule has 5 rings (SSSR count). The predicted molar refractivity (Wildman–Crippen MR) is 125 cm³/mol. The third kappa shape index (κ3) is 4.67. The minimum absolute atomic E-state index is 0.0645. The number of aryl methyl sites for hydroxylation is 1. The standard InChI is InChI=1S/C26H29N5O2/c32-24(28-12-1-3-20-8-14-27-15-9-20)23-19-26(23)10-17-30(18-11-26)25(33)21-4-6-22(7-5-21)31-16-2-13-29-31/h2,4-9,13-16,23H,1,3,10-12,17-19H2,(H,28,32)/t23-/m0/s1. The first-order chi connectivity index (χ1) is 16.1. The minimum atomic E-state index is 0.0645. The van der Waals surface area contributed by atoms with Gasteiger partial charge in [0.05, 0.1) is 5.69 Å². The zero-order valence-corrected chi connectivity index (χ0v) is 18.7. The summed E-state index contributed by atoms with van der Waals surface area (Å²) in [7, 11) is 0. The topological polar surface area (TPSA) is 80.1 Å². The van der Waals surface area contributed by atoms with E-state index in [1.54, 1.807) is 23.3 Å². The monoisotopic (exact) mass is 443 g/mol. The van der Waals surface area contributed by atoms with Crippen molar-refractivity contribution in [3.05, 3.63) is 78.4 Å². The molecule has 1 aromatic carbocycles. The first kappa shape index (κ1) is 21.4. The Morgan fingerprint density at radius 1 is 1.03 bits per heavy atom. The molecular formula is C26H29N5O2. The van der Waals surface area contributed by atoms with Crippen LogP contribution in [-0.2, 0) is 11.2 Å². The predicted octanol–water partition coefficient (Wildman–Crippen LogP) is 3.26. The number of rotatable bonds is 7. The molecule has 1 saturated heterocycles. The van der Waals surface area contributed by atoms with Gasteiger partial charge in [-0.05, 0) is 85.5 Å². The normalized spacial score (nSPS) is 18.8. The molecule has 2 fully saturated rings. The van der Waals surface area contributed by atoms with Crippen LogP contribution in [0.15, 0.2) is 67.3 Å². The van der Waals surface area contributed by atoms with Gasteiger partial charge < -0.3 is 10.2 Å². The molecule has 1 aliphatic carbocycles. The Hall–Kier alpha value is -3.48. The lowest BCUT2D eigenvalue weighted by Crippen LogP contribution is -2.40. The first-order valence-corrected chi connectivity index (χ1v) is 11.7. The van der Waals surface area contributed by atoms with Crippen LogP contribution in [0.5, 0.6) is 0 Å². The van der Waals surface area contributed by atoms with E-state index in [1.165, 1.54) is 5.56 Å². The van der Waals surface area contributed by atoms with Crippen LogP contribution in [-0.4, -0.2) is 51.1 Å². The molecule has 3 heterocycles. The van der Waals surface area contributed by atoms with Crippen molar-refractivity contribution in [2.45, 2.75) is 32.1 Å². The van der Waals surface area contributed by atoms with Crippen molar-refractivity contribution < 1.29 is 9.59 Å². The summed E-state index contributed by atoms with van der Waals surface area (Å²) in [5, 5.41) is 7.34. The molecule has 1 atom stereocenters. The smallest absolute Gasteiger partial charge is 0.253 e. The van der Waals surface area contributed by atoms with Crippen molar-refractivity contribution >= 4 is 11.8 Å². The maximum atomic E-state index is 13.0. The number of carbonyl (C=O) groups excluding carboxylic acids is 2. The van der Waals surface area contributed by atoms with E-state index in [0.717, 1.165) is 37.8 Å². The Morgan fingerprint density at radius 2 is 1.79 bits per heavy atom. The highest BCUT2D eigenvalue weighted by Gasteiger charge is 2.58. The van der Waals surface area contributed by atoms with Crippen LogP contribution in [0.2, 0.25) is 0 Å². The van der Waals surface area contributed by atoms with Crippen LogP contribution < -0.4 is 5.32 Å². The molecule has 1 N–H and O–H groups in total. The van der Waals surface area contributed by atoms with Gasteiger partial charge in [-0.3, -0.25) is 14.6 Å². The lowest BCUT2D eigenvalue weighted by atomic mass is 9.90. The van der Waals surface area contributed by atoms with E-state index in [2.05, 4.69) is 15.4 Å². The van der Waals surface area contributed by atoms with E-state index < -0.39 is 0 Å². The Bertz CT molecular complexity index is 1090. The molecule has 7 heteroatoms. The number of carbonyl (C=O) groups is 2. The summed E-state index contributed by atoms with van der Waals surface area (Å²) < 4.78 is 1.77. The average molecular weight is 444 g/mol. The highest BCUT2D eigenvalue weighted by atomic mass is 16.2.